The van der Waals surface area contributed by atoms with Gasteiger partial charge in [0.15, 0.2) is 0 Å². The third kappa shape index (κ3) is 3.51. The summed E-state index contributed by atoms with van der Waals surface area (Å²) in [5.41, 5.74) is 1.03. The van der Waals surface area contributed by atoms with Crippen molar-refractivity contribution in [3.8, 4) is 11.5 Å². The maximum absolute atomic E-state index is 12.6. The van der Waals surface area contributed by atoms with Crippen LogP contribution in [-0.2, 0) is 10.0 Å². The Morgan fingerprint density at radius 3 is 2.50 bits per heavy atom. The second-order valence-electron chi connectivity index (χ2n) is 4.67. The Morgan fingerprint density at radius 2 is 1.86 bits per heavy atom. The van der Waals surface area contributed by atoms with Gasteiger partial charge in [0.05, 0.1) is 24.3 Å². The fourth-order valence-electron chi connectivity index (χ4n) is 2.08. The van der Waals surface area contributed by atoms with Gasteiger partial charge in [-0.1, -0.05) is 12.1 Å². The number of sulfonamides is 1. The van der Waals surface area contributed by atoms with Crippen molar-refractivity contribution in [3.63, 3.8) is 0 Å². The van der Waals surface area contributed by atoms with Gasteiger partial charge in [0.25, 0.3) is 10.0 Å². The van der Waals surface area contributed by atoms with Crippen LogP contribution in [0.5, 0.6) is 11.5 Å². The summed E-state index contributed by atoms with van der Waals surface area (Å²) in [6.45, 7) is 4.03. The molecule has 5 nitrogen and oxygen atoms in total. The second kappa shape index (κ2) is 6.70. The van der Waals surface area contributed by atoms with Crippen LogP contribution in [0, 0.1) is 6.92 Å². The molecule has 0 aliphatic heterocycles. The molecule has 6 heteroatoms. The highest BCUT2D eigenvalue weighted by Crippen LogP contribution is 2.28. The summed E-state index contributed by atoms with van der Waals surface area (Å²) in [6, 6.07) is 11.8. The number of ether oxygens (including phenoxy) is 2. The monoisotopic (exact) mass is 321 g/mol. The number of aryl methyl sites for hydroxylation is 1. The summed E-state index contributed by atoms with van der Waals surface area (Å²) < 4.78 is 38.3. The number of hydrogen-bond donors (Lipinski definition) is 1. The first-order chi connectivity index (χ1) is 10.5. The van der Waals surface area contributed by atoms with Gasteiger partial charge in [0.1, 0.15) is 11.5 Å². The molecule has 0 radical (unpaired) electrons. The van der Waals surface area contributed by atoms with E-state index in [1.165, 1.54) is 6.07 Å². The lowest BCUT2D eigenvalue weighted by Crippen LogP contribution is -2.15. The Hall–Kier alpha value is -2.21. The lowest BCUT2D eigenvalue weighted by molar-refractivity contribution is 0.342. The zero-order valence-corrected chi connectivity index (χ0v) is 13.6. The van der Waals surface area contributed by atoms with E-state index >= 15 is 0 Å². The highest BCUT2D eigenvalue weighted by Gasteiger charge is 2.19. The van der Waals surface area contributed by atoms with Crippen molar-refractivity contribution in [3.05, 3.63) is 48.0 Å². The van der Waals surface area contributed by atoms with Crippen molar-refractivity contribution < 1.29 is 17.9 Å². The molecule has 0 aliphatic carbocycles. The standard InChI is InChI=1S/C16H19NO4S/c1-4-21-15-8-6-5-7-14(15)17-22(18,19)16-10-9-13(20-3)11-12(16)2/h5-11,17H,4H2,1-3H3. The van der Waals surface area contributed by atoms with Crippen molar-refractivity contribution in [2.24, 2.45) is 0 Å². The normalized spacial score (nSPS) is 11.0. The van der Waals surface area contributed by atoms with Gasteiger partial charge in [0.2, 0.25) is 0 Å². The fourth-order valence-corrected chi connectivity index (χ4v) is 3.38. The number of para-hydroxylation sites is 2. The molecule has 0 atom stereocenters. The molecular weight excluding hydrogens is 302 g/mol. The maximum atomic E-state index is 12.6. The molecule has 0 saturated carbocycles. The topological polar surface area (TPSA) is 64.6 Å². The molecule has 0 amide bonds. The lowest BCUT2D eigenvalue weighted by Gasteiger charge is -2.14. The number of methoxy groups -OCH3 is 1. The average Bonchev–Trinajstić information content (AvgIpc) is 2.48. The molecule has 0 aromatic heterocycles. The first kappa shape index (κ1) is 16.2. The van der Waals surface area contributed by atoms with E-state index in [1.807, 2.05) is 6.92 Å². The highest BCUT2D eigenvalue weighted by atomic mass is 32.2. The van der Waals surface area contributed by atoms with Crippen LogP contribution in [0.4, 0.5) is 5.69 Å². The van der Waals surface area contributed by atoms with Crippen molar-refractivity contribution >= 4 is 15.7 Å². The molecule has 0 unspecified atom stereocenters. The van der Waals surface area contributed by atoms with E-state index in [1.54, 1.807) is 50.4 Å². The van der Waals surface area contributed by atoms with Gasteiger partial charge in [-0.2, -0.15) is 0 Å². The quantitative estimate of drug-likeness (QED) is 0.887. The summed E-state index contributed by atoms with van der Waals surface area (Å²) in [5.74, 6) is 1.12. The minimum Gasteiger partial charge on any atom is -0.497 e. The molecule has 2 aromatic carbocycles. The molecular formula is C16H19NO4S. The van der Waals surface area contributed by atoms with Crippen LogP contribution in [0.1, 0.15) is 12.5 Å². The minimum atomic E-state index is -3.70. The Balaban J connectivity index is 2.36. The van der Waals surface area contributed by atoms with E-state index in [4.69, 9.17) is 9.47 Å². The average molecular weight is 321 g/mol. The molecule has 2 rings (SSSR count). The number of hydrogen-bond acceptors (Lipinski definition) is 4. The van der Waals surface area contributed by atoms with E-state index < -0.39 is 10.0 Å². The predicted octanol–water partition coefficient (Wildman–Crippen LogP) is 3.20. The summed E-state index contributed by atoms with van der Waals surface area (Å²) >= 11 is 0. The van der Waals surface area contributed by atoms with Crippen LogP contribution >= 0.6 is 0 Å². The summed E-state index contributed by atoms with van der Waals surface area (Å²) in [4.78, 5) is 0.208. The number of benzene rings is 2. The summed E-state index contributed by atoms with van der Waals surface area (Å²) in [6.07, 6.45) is 0. The third-order valence-corrected chi connectivity index (χ3v) is 4.63. The molecule has 0 aliphatic rings. The zero-order valence-electron chi connectivity index (χ0n) is 12.8. The van der Waals surface area contributed by atoms with E-state index in [9.17, 15) is 8.42 Å². The van der Waals surface area contributed by atoms with Crippen LogP contribution in [0.25, 0.3) is 0 Å². The molecule has 0 fully saturated rings. The Labute approximate surface area is 130 Å². The Kier molecular flexibility index (Phi) is 4.92. The maximum Gasteiger partial charge on any atom is 0.262 e. The smallest absolute Gasteiger partial charge is 0.262 e. The van der Waals surface area contributed by atoms with Gasteiger partial charge in [-0.3, -0.25) is 4.72 Å². The van der Waals surface area contributed by atoms with Crippen LogP contribution in [0.3, 0.4) is 0 Å². The highest BCUT2D eigenvalue weighted by molar-refractivity contribution is 7.92. The molecule has 0 saturated heterocycles. The lowest BCUT2D eigenvalue weighted by atomic mass is 10.2. The van der Waals surface area contributed by atoms with Crippen molar-refractivity contribution in [1.29, 1.82) is 0 Å². The van der Waals surface area contributed by atoms with Gasteiger partial charge in [-0.15, -0.1) is 0 Å². The third-order valence-electron chi connectivity index (χ3n) is 3.10. The van der Waals surface area contributed by atoms with Crippen molar-refractivity contribution in [2.75, 3.05) is 18.4 Å². The van der Waals surface area contributed by atoms with Crippen LogP contribution < -0.4 is 14.2 Å². The van der Waals surface area contributed by atoms with E-state index in [2.05, 4.69) is 4.72 Å². The molecule has 1 N–H and O–H groups in total. The molecule has 0 spiro atoms. The predicted molar refractivity (Wildman–Crippen MR) is 86.2 cm³/mol. The van der Waals surface area contributed by atoms with Crippen molar-refractivity contribution in [1.82, 2.24) is 0 Å². The Bertz CT molecular complexity index is 756. The first-order valence-corrected chi connectivity index (χ1v) is 8.35. The number of anilines is 1. The second-order valence-corrected chi connectivity index (χ2v) is 6.32. The molecule has 0 bridgehead atoms. The molecule has 2 aromatic rings. The van der Waals surface area contributed by atoms with Crippen LogP contribution in [0.2, 0.25) is 0 Å². The van der Waals surface area contributed by atoms with Crippen LogP contribution in [-0.4, -0.2) is 22.1 Å². The fraction of sp³-hybridized carbons (Fsp3) is 0.250. The van der Waals surface area contributed by atoms with E-state index in [0.29, 0.717) is 29.4 Å². The van der Waals surface area contributed by atoms with Gasteiger partial charge >= 0.3 is 0 Å². The molecule has 118 valence electrons. The Morgan fingerprint density at radius 1 is 1.14 bits per heavy atom. The largest absolute Gasteiger partial charge is 0.497 e. The van der Waals surface area contributed by atoms with Gasteiger partial charge in [-0.05, 0) is 49.7 Å². The molecule has 0 heterocycles. The number of nitrogens with one attached hydrogen (secondary N) is 1. The van der Waals surface area contributed by atoms with Gasteiger partial charge < -0.3 is 9.47 Å². The van der Waals surface area contributed by atoms with Gasteiger partial charge in [0, 0.05) is 0 Å². The van der Waals surface area contributed by atoms with E-state index in [0.717, 1.165) is 0 Å². The minimum absolute atomic E-state index is 0.208. The van der Waals surface area contributed by atoms with E-state index in [-0.39, 0.29) is 4.90 Å². The SMILES string of the molecule is CCOc1ccccc1NS(=O)(=O)c1ccc(OC)cc1C. The zero-order chi connectivity index (χ0) is 16.2. The number of rotatable bonds is 6. The first-order valence-electron chi connectivity index (χ1n) is 6.87. The van der Waals surface area contributed by atoms with Crippen molar-refractivity contribution in [2.45, 2.75) is 18.7 Å². The summed E-state index contributed by atoms with van der Waals surface area (Å²) in [7, 11) is -2.15. The van der Waals surface area contributed by atoms with Gasteiger partial charge in [-0.25, -0.2) is 8.42 Å². The molecule has 22 heavy (non-hydrogen) atoms. The summed E-state index contributed by atoms with van der Waals surface area (Å²) in [5, 5.41) is 0. The van der Waals surface area contributed by atoms with Crippen LogP contribution in [0.15, 0.2) is 47.4 Å².